The van der Waals surface area contributed by atoms with Crippen molar-refractivity contribution >= 4 is 18.3 Å². The first-order valence-electron chi connectivity index (χ1n) is 7.35. The van der Waals surface area contributed by atoms with E-state index < -0.39 is 6.49 Å². The van der Waals surface area contributed by atoms with Crippen molar-refractivity contribution in [2.24, 2.45) is 0 Å². The molecule has 0 aliphatic rings. The molecule has 0 fully saturated rings. The molecule has 0 atom stereocenters. The smallest absolute Gasteiger partial charge is 0.189 e. The van der Waals surface area contributed by atoms with Crippen LogP contribution in [0, 0.1) is 0 Å². The zero-order valence-corrected chi connectivity index (χ0v) is 14.5. The zero-order valence-electron chi connectivity index (χ0n) is 12.8. The Labute approximate surface area is 119 Å². The van der Waals surface area contributed by atoms with Gasteiger partial charge in [0, 0.05) is 6.16 Å². The Hall–Kier alpha value is 0.570. The second kappa shape index (κ2) is 10.4. The van der Waals surface area contributed by atoms with Crippen molar-refractivity contribution in [3.8, 4) is 0 Å². The third kappa shape index (κ3) is 10.5. The quantitative estimate of drug-likeness (QED) is 0.370. The Bertz CT molecular complexity index is 228. The minimum Gasteiger partial charge on any atom is -0.327 e. The number of hydrogen-bond donors (Lipinski definition) is 0. The van der Waals surface area contributed by atoms with Crippen LogP contribution < -0.4 is 0 Å². The minimum absolute atomic E-state index is 0.162. The topological polar surface area (TPSA) is 18.5 Å². The number of hydrogen-bond acceptors (Lipinski definition) is 3. The summed E-state index contributed by atoms with van der Waals surface area (Å²) in [6.45, 7) is 8.32. The van der Waals surface area contributed by atoms with Crippen LogP contribution in [0.5, 0.6) is 0 Å². The molecule has 0 unspecified atom stereocenters. The second-order valence-corrected chi connectivity index (χ2v) is 9.17. The molecule has 0 rings (SSSR count). The molecule has 0 amide bonds. The first kappa shape index (κ1) is 18.6. The van der Waals surface area contributed by atoms with Crippen LogP contribution in [0.1, 0.15) is 73.1 Å². The van der Waals surface area contributed by atoms with Crippen LogP contribution in [0.15, 0.2) is 0 Å². The van der Waals surface area contributed by atoms with E-state index >= 15 is 0 Å². The summed E-state index contributed by atoms with van der Waals surface area (Å²) in [6, 6.07) is 0. The molecule has 0 aromatic rings. The Balaban J connectivity index is 3.97. The molecule has 0 aliphatic carbocycles. The normalized spacial score (nSPS) is 12.6. The Morgan fingerprint density at radius 2 is 1.28 bits per heavy atom. The summed E-state index contributed by atoms with van der Waals surface area (Å²) in [4.78, 5) is 0. The van der Waals surface area contributed by atoms with Gasteiger partial charge < -0.3 is 9.05 Å². The lowest BCUT2D eigenvalue weighted by Crippen LogP contribution is -2.10. The van der Waals surface area contributed by atoms with Crippen molar-refractivity contribution < 1.29 is 9.05 Å². The molecule has 0 spiro atoms. The van der Waals surface area contributed by atoms with Gasteiger partial charge in [0.15, 0.2) is 6.49 Å². The van der Waals surface area contributed by atoms with Gasteiger partial charge in [-0.3, -0.25) is 0 Å². The van der Waals surface area contributed by atoms with E-state index in [-0.39, 0.29) is 12.2 Å². The Kier molecular flexibility index (Phi) is 10.7. The van der Waals surface area contributed by atoms with E-state index in [0.29, 0.717) is 0 Å². The van der Waals surface area contributed by atoms with Crippen LogP contribution in [-0.4, -0.2) is 18.4 Å². The van der Waals surface area contributed by atoms with Crippen molar-refractivity contribution in [1.82, 2.24) is 0 Å². The van der Waals surface area contributed by atoms with Gasteiger partial charge in [0.2, 0.25) is 0 Å². The SMILES string of the molecule is CCCCCCCCP(=S)(OC(C)C)OC(C)C. The summed E-state index contributed by atoms with van der Waals surface area (Å²) < 4.78 is 11.8. The molecule has 18 heavy (non-hydrogen) atoms. The van der Waals surface area contributed by atoms with Crippen LogP contribution >= 0.6 is 6.49 Å². The van der Waals surface area contributed by atoms with Gasteiger partial charge in [0.05, 0.1) is 12.2 Å². The fourth-order valence-electron chi connectivity index (χ4n) is 1.86. The molecular formula is C14H31O2PS. The summed E-state index contributed by atoms with van der Waals surface area (Å²) in [5.74, 6) is 0. The van der Waals surface area contributed by atoms with Crippen LogP contribution in [0.3, 0.4) is 0 Å². The van der Waals surface area contributed by atoms with Gasteiger partial charge >= 0.3 is 0 Å². The highest BCUT2D eigenvalue weighted by Gasteiger charge is 2.21. The van der Waals surface area contributed by atoms with E-state index in [4.69, 9.17) is 20.9 Å². The van der Waals surface area contributed by atoms with E-state index in [1.807, 2.05) is 27.7 Å². The Morgan fingerprint density at radius 1 is 0.833 bits per heavy atom. The maximum Gasteiger partial charge on any atom is 0.189 e. The van der Waals surface area contributed by atoms with E-state index in [9.17, 15) is 0 Å². The summed E-state index contributed by atoms with van der Waals surface area (Å²) in [5.41, 5.74) is 0. The van der Waals surface area contributed by atoms with Gasteiger partial charge in [0.25, 0.3) is 0 Å². The third-order valence-electron chi connectivity index (χ3n) is 2.53. The molecule has 4 heteroatoms. The predicted molar refractivity (Wildman–Crippen MR) is 85.0 cm³/mol. The fourth-order valence-corrected chi connectivity index (χ4v) is 5.43. The largest absolute Gasteiger partial charge is 0.327 e. The van der Waals surface area contributed by atoms with Gasteiger partial charge in [-0.05, 0) is 45.9 Å². The van der Waals surface area contributed by atoms with Gasteiger partial charge in [-0.25, -0.2) is 0 Å². The molecular weight excluding hydrogens is 263 g/mol. The summed E-state index contributed by atoms with van der Waals surface area (Å²) in [5, 5.41) is 0. The first-order valence-corrected chi connectivity index (χ1v) is 10.2. The van der Waals surface area contributed by atoms with Gasteiger partial charge in [0.1, 0.15) is 0 Å². The third-order valence-corrected chi connectivity index (χ3v) is 5.94. The minimum atomic E-state index is -2.05. The fraction of sp³-hybridized carbons (Fsp3) is 1.00. The lowest BCUT2D eigenvalue weighted by atomic mass is 10.1. The Morgan fingerprint density at radius 3 is 1.72 bits per heavy atom. The molecule has 0 N–H and O–H groups in total. The second-order valence-electron chi connectivity index (χ2n) is 5.41. The van der Waals surface area contributed by atoms with Crippen molar-refractivity contribution in [2.75, 3.05) is 6.16 Å². The molecule has 0 aromatic heterocycles. The average molecular weight is 294 g/mol. The molecule has 0 aromatic carbocycles. The molecule has 0 aliphatic heterocycles. The lowest BCUT2D eigenvalue weighted by Gasteiger charge is -2.26. The predicted octanol–water partition coefficient (Wildman–Crippen LogP) is 5.51. The van der Waals surface area contributed by atoms with Crippen LogP contribution in [0.4, 0.5) is 0 Å². The van der Waals surface area contributed by atoms with E-state index in [2.05, 4.69) is 6.92 Å². The molecule has 0 heterocycles. The summed E-state index contributed by atoms with van der Waals surface area (Å²) >= 11 is 5.62. The summed E-state index contributed by atoms with van der Waals surface area (Å²) in [7, 11) is 0. The lowest BCUT2D eigenvalue weighted by molar-refractivity contribution is 0.175. The van der Waals surface area contributed by atoms with Crippen molar-refractivity contribution in [1.29, 1.82) is 0 Å². The van der Waals surface area contributed by atoms with Crippen LogP contribution in [0.2, 0.25) is 0 Å². The first-order chi connectivity index (χ1) is 8.39. The maximum absolute atomic E-state index is 5.88. The molecule has 0 saturated carbocycles. The van der Waals surface area contributed by atoms with Gasteiger partial charge in [-0.2, -0.15) is 0 Å². The van der Waals surface area contributed by atoms with Gasteiger partial charge in [-0.1, -0.05) is 39.0 Å². The maximum atomic E-state index is 5.88. The van der Waals surface area contributed by atoms with E-state index in [1.54, 1.807) is 0 Å². The van der Waals surface area contributed by atoms with Gasteiger partial charge in [-0.15, -0.1) is 0 Å². The highest BCUT2D eigenvalue weighted by Crippen LogP contribution is 2.51. The monoisotopic (exact) mass is 294 g/mol. The molecule has 0 bridgehead atoms. The van der Waals surface area contributed by atoms with Crippen LogP contribution in [0.25, 0.3) is 0 Å². The van der Waals surface area contributed by atoms with E-state index in [0.717, 1.165) is 12.6 Å². The van der Waals surface area contributed by atoms with Crippen molar-refractivity contribution in [2.45, 2.75) is 85.4 Å². The molecule has 110 valence electrons. The number of unbranched alkanes of at least 4 members (excludes halogenated alkanes) is 5. The van der Waals surface area contributed by atoms with Crippen molar-refractivity contribution in [3.05, 3.63) is 0 Å². The standard InChI is InChI=1S/C14H31O2PS/c1-6-7-8-9-10-11-12-17(18,15-13(2)3)16-14(4)5/h13-14H,6-12H2,1-5H3. The van der Waals surface area contributed by atoms with E-state index in [1.165, 1.54) is 32.1 Å². The van der Waals surface area contributed by atoms with Crippen LogP contribution in [-0.2, 0) is 20.9 Å². The average Bonchev–Trinajstić information content (AvgIpc) is 2.20. The van der Waals surface area contributed by atoms with Crippen molar-refractivity contribution in [3.63, 3.8) is 0 Å². The number of rotatable bonds is 11. The molecule has 0 saturated heterocycles. The molecule has 0 radical (unpaired) electrons. The zero-order chi connectivity index (χ0) is 14.0. The molecule has 2 nitrogen and oxygen atoms in total. The summed E-state index contributed by atoms with van der Waals surface area (Å²) in [6.07, 6.45) is 8.93. The highest BCUT2D eigenvalue weighted by molar-refractivity contribution is 8.09. The highest BCUT2D eigenvalue weighted by atomic mass is 32.5.